The average molecular weight is 568 g/mol. The molecule has 2 aromatic heterocycles. The average Bonchev–Trinajstić information content (AvgIpc) is 3.24. The Hall–Kier alpha value is -4.48. The summed E-state index contributed by atoms with van der Waals surface area (Å²) >= 11 is 0. The van der Waals surface area contributed by atoms with Crippen molar-refractivity contribution in [3.8, 4) is 11.4 Å². The fraction of sp³-hybridized carbons (Fsp3) is 0.345. The van der Waals surface area contributed by atoms with Crippen LogP contribution in [-0.4, -0.2) is 47.7 Å². The number of rotatable bonds is 10. The van der Waals surface area contributed by atoms with Gasteiger partial charge in [-0.25, -0.2) is 19.7 Å². The van der Waals surface area contributed by atoms with Gasteiger partial charge in [-0.1, -0.05) is 42.3 Å². The van der Waals surface area contributed by atoms with Crippen molar-refractivity contribution in [2.45, 2.75) is 57.8 Å². The third-order valence-corrected chi connectivity index (χ3v) is 7.40. The van der Waals surface area contributed by atoms with E-state index in [-0.39, 0.29) is 36.4 Å². The highest BCUT2D eigenvalue weighted by atomic mass is 19.4. The van der Waals surface area contributed by atoms with Crippen LogP contribution in [0.5, 0.6) is 0 Å². The summed E-state index contributed by atoms with van der Waals surface area (Å²) in [7, 11) is 0. The molecule has 9 nitrogen and oxygen atoms in total. The van der Waals surface area contributed by atoms with Gasteiger partial charge in [0.1, 0.15) is 11.3 Å². The minimum absolute atomic E-state index is 0.0759. The zero-order valence-electron chi connectivity index (χ0n) is 22.1. The molecule has 3 N–H and O–H groups in total. The predicted molar refractivity (Wildman–Crippen MR) is 145 cm³/mol. The third-order valence-electron chi connectivity index (χ3n) is 7.40. The molecule has 2 aromatic carbocycles. The van der Waals surface area contributed by atoms with Crippen LogP contribution in [0.25, 0.3) is 22.6 Å². The number of carboxylic acid groups (broad SMARTS) is 2. The van der Waals surface area contributed by atoms with Gasteiger partial charge in [0.2, 0.25) is 5.82 Å². The van der Waals surface area contributed by atoms with E-state index >= 15 is 0 Å². The Morgan fingerprint density at radius 1 is 1.07 bits per heavy atom. The SMILES string of the molecule is Cc1cccc(-c2nc3nc(C(=O)O)nc(NC(CCC(=O)O)C4CCC4)c3n2Cc2ccc(C(F)(F)F)cc2)c1. The van der Waals surface area contributed by atoms with E-state index < -0.39 is 29.5 Å². The van der Waals surface area contributed by atoms with Gasteiger partial charge in [0.25, 0.3) is 0 Å². The number of nitrogens with one attached hydrogen (secondary N) is 1. The molecule has 1 unspecified atom stereocenters. The smallest absolute Gasteiger partial charge is 0.416 e. The van der Waals surface area contributed by atoms with E-state index in [1.54, 1.807) is 4.57 Å². The van der Waals surface area contributed by atoms with Crippen LogP contribution in [0.2, 0.25) is 0 Å². The maximum absolute atomic E-state index is 13.2. The summed E-state index contributed by atoms with van der Waals surface area (Å²) in [6.07, 6.45) is -1.43. The lowest BCUT2D eigenvalue weighted by Crippen LogP contribution is -2.35. The molecule has 1 aliphatic carbocycles. The van der Waals surface area contributed by atoms with Gasteiger partial charge in [-0.2, -0.15) is 13.2 Å². The number of hydrogen-bond acceptors (Lipinski definition) is 6. The lowest BCUT2D eigenvalue weighted by Gasteiger charge is -2.34. The quantitative estimate of drug-likeness (QED) is 0.212. The molecule has 0 bridgehead atoms. The van der Waals surface area contributed by atoms with Crippen molar-refractivity contribution in [2.24, 2.45) is 5.92 Å². The summed E-state index contributed by atoms with van der Waals surface area (Å²) in [5.41, 5.74) is 1.93. The van der Waals surface area contributed by atoms with Gasteiger partial charge in [-0.3, -0.25) is 4.79 Å². The Labute approximate surface area is 233 Å². The lowest BCUT2D eigenvalue weighted by molar-refractivity contribution is -0.138. The van der Waals surface area contributed by atoms with E-state index in [1.807, 2.05) is 31.2 Å². The number of carboxylic acids is 2. The number of nitrogens with zero attached hydrogens (tertiary/aromatic N) is 4. The molecule has 0 aliphatic heterocycles. The van der Waals surface area contributed by atoms with Crippen LogP contribution in [0, 0.1) is 12.8 Å². The Morgan fingerprint density at radius 2 is 1.80 bits per heavy atom. The number of aromatic nitrogens is 4. The topological polar surface area (TPSA) is 130 Å². The fourth-order valence-electron chi connectivity index (χ4n) is 5.10. The summed E-state index contributed by atoms with van der Waals surface area (Å²) in [6.45, 7) is 2.01. The lowest BCUT2D eigenvalue weighted by atomic mass is 9.78. The molecule has 0 spiro atoms. The number of alkyl halides is 3. The van der Waals surface area contributed by atoms with Crippen molar-refractivity contribution in [3.63, 3.8) is 0 Å². The number of halogens is 3. The third kappa shape index (κ3) is 6.16. The molecule has 2 heterocycles. The molecule has 1 fully saturated rings. The van der Waals surface area contributed by atoms with Crippen molar-refractivity contribution in [1.29, 1.82) is 0 Å². The zero-order chi connectivity index (χ0) is 29.3. The first-order chi connectivity index (χ1) is 19.5. The van der Waals surface area contributed by atoms with Crippen LogP contribution in [0.3, 0.4) is 0 Å². The normalized spacial score (nSPS) is 14.5. The number of aliphatic carboxylic acids is 1. The van der Waals surface area contributed by atoms with E-state index in [2.05, 4.69) is 20.3 Å². The van der Waals surface area contributed by atoms with Gasteiger partial charge in [0.05, 0.1) is 5.56 Å². The molecule has 0 amide bonds. The van der Waals surface area contributed by atoms with Gasteiger partial charge < -0.3 is 20.1 Å². The van der Waals surface area contributed by atoms with E-state index in [0.717, 1.165) is 37.0 Å². The van der Waals surface area contributed by atoms with Crippen molar-refractivity contribution in [2.75, 3.05) is 5.32 Å². The summed E-state index contributed by atoms with van der Waals surface area (Å²) in [4.78, 5) is 36.5. The number of benzene rings is 2. The number of carbonyl (C=O) groups is 2. The molecule has 12 heteroatoms. The van der Waals surface area contributed by atoms with Crippen LogP contribution in [0.15, 0.2) is 48.5 Å². The van der Waals surface area contributed by atoms with Crippen LogP contribution < -0.4 is 5.32 Å². The highest BCUT2D eigenvalue weighted by Gasteiger charge is 2.31. The number of fused-ring (bicyclic) bond motifs is 1. The van der Waals surface area contributed by atoms with Gasteiger partial charge in [0.15, 0.2) is 11.5 Å². The first-order valence-electron chi connectivity index (χ1n) is 13.2. The summed E-state index contributed by atoms with van der Waals surface area (Å²) in [5, 5.41) is 22.4. The standard InChI is InChI=1S/C29H28F3N5O4/c1-16-4-2-7-19(14-16)27-36-25-23(37(27)15-17-8-10-20(11-9-17)29(30,31)32)24(34-26(35-25)28(40)41)33-21(12-13-22(38)39)18-5-3-6-18/h2,4,7-11,14,18,21H,3,5-6,12-13,15H2,1H3,(H,38,39)(H,40,41)(H,33,34,35). The Balaban J connectivity index is 1.67. The Bertz CT molecular complexity index is 1600. The molecule has 1 aliphatic rings. The van der Waals surface area contributed by atoms with Crippen molar-refractivity contribution in [1.82, 2.24) is 19.5 Å². The van der Waals surface area contributed by atoms with Crippen molar-refractivity contribution < 1.29 is 33.0 Å². The van der Waals surface area contributed by atoms with Gasteiger partial charge in [-0.15, -0.1) is 0 Å². The zero-order valence-corrected chi connectivity index (χ0v) is 22.1. The minimum atomic E-state index is -4.47. The summed E-state index contributed by atoms with van der Waals surface area (Å²) < 4.78 is 41.3. The number of aromatic carboxylic acids is 1. The molecule has 0 saturated heterocycles. The predicted octanol–water partition coefficient (Wildman–Crippen LogP) is 6.01. The first-order valence-corrected chi connectivity index (χ1v) is 13.2. The molecule has 0 radical (unpaired) electrons. The van der Waals surface area contributed by atoms with Crippen molar-refractivity contribution >= 4 is 28.9 Å². The highest BCUT2D eigenvalue weighted by molar-refractivity contribution is 5.92. The van der Waals surface area contributed by atoms with E-state index in [9.17, 15) is 33.0 Å². The number of hydrogen-bond donors (Lipinski definition) is 3. The van der Waals surface area contributed by atoms with Crippen LogP contribution >= 0.6 is 0 Å². The second-order valence-electron chi connectivity index (χ2n) is 10.3. The van der Waals surface area contributed by atoms with E-state index in [0.29, 0.717) is 28.9 Å². The van der Waals surface area contributed by atoms with E-state index in [1.165, 1.54) is 12.1 Å². The molecular weight excluding hydrogens is 539 g/mol. The summed E-state index contributed by atoms with van der Waals surface area (Å²) in [5.74, 6) is -1.95. The van der Waals surface area contributed by atoms with Gasteiger partial charge >= 0.3 is 18.1 Å². The number of imidazole rings is 1. The van der Waals surface area contributed by atoms with E-state index in [4.69, 9.17) is 0 Å². The van der Waals surface area contributed by atoms with Crippen LogP contribution in [0.1, 0.15) is 59.4 Å². The molecular formula is C29H28F3N5O4. The molecule has 4 aromatic rings. The largest absolute Gasteiger partial charge is 0.481 e. The molecule has 5 rings (SSSR count). The Morgan fingerprint density at radius 3 is 2.39 bits per heavy atom. The number of aryl methyl sites for hydroxylation is 1. The molecule has 41 heavy (non-hydrogen) atoms. The van der Waals surface area contributed by atoms with Crippen LogP contribution in [0.4, 0.5) is 19.0 Å². The second kappa shape index (κ2) is 11.2. The Kier molecular flexibility index (Phi) is 7.65. The number of anilines is 1. The first kappa shape index (κ1) is 28.1. The fourth-order valence-corrected chi connectivity index (χ4v) is 5.10. The van der Waals surface area contributed by atoms with Crippen molar-refractivity contribution in [3.05, 3.63) is 71.0 Å². The second-order valence-corrected chi connectivity index (χ2v) is 10.3. The van der Waals surface area contributed by atoms with Gasteiger partial charge in [-0.05, 0) is 55.9 Å². The highest BCUT2D eigenvalue weighted by Crippen LogP contribution is 2.36. The van der Waals surface area contributed by atoms with Crippen LogP contribution in [-0.2, 0) is 17.5 Å². The monoisotopic (exact) mass is 567 g/mol. The van der Waals surface area contributed by atoms with Gasteiger partial charge in [0, 0.05) is 24.6 Å². The molecule has 1 saturated carbocycles. The molecule has 1 atom stereocenters. The summed E-state index contributed by atoms with van der Waals surface area (Å²) in [6, 6.07) is 12.0. The minimum Gasteiger partial charge on any atom is -0.481 e. The maximum Gasteiger partial charge on any atom is 0.416 e. The maximum atomic E-state index is 13.2. The molecule has 214 valence electrons.